The molecule has 0 aliphatic carbocycles. The topological polar surface area (TPSA) is 21.7 Å². The smallest absolute Gasteiger partial charge is 0.165 e. The van der Waals surface area contributed by atoms with Crippen molar-refractivity contribution in [1.29, 1.82) is 0 Å². The summed E-state index contributed by atoms with van der Waals surface area (Å²) in [6.07, 6.45) is 0. The SMILES string of the molecule is COc1ccc(C(=S)N2CCOCC2)cc1F. The summed E-state index contributed by atoms with van der Waals surface area (Å²) >= 11 is 5.34. The number of morpholine rings is 1. The summed E-state index contributed by atoms with van der Waals surface area (Å²) in [5.74, 6) is -0.154. The van der Waals surface area contributed by atoms with E-state index in [9.17, 15) is 4.39 Å². The zero-order valence-corrected chi connectivity index (χ0v) is 10.4. The van der Waals surface area contributed by atoms with Crippen molar-refractivity contribution < 1.29 is 13.9 Å². The van der Waals surface area contributed by atoms with Crippen LogP contribution in [0.3, 0.4) is 0 Å². The van der Waals surface area contributed by atoms with E-state index in [1.165, 1.54) is 13.2 Å². The van der Waals surface area contributed by atoms with Gasteiger partial charge in [0.25, 0.3) is 0 Å². The first-order valence-corrected chi connectivity index (χ1v) is 5.84. The molecule has 0 bridgehead atoms. The highest BCUT2D eigenvalue weighted by Gasteiger charge is 2.16. The van der Waals surface area contributed by atoms with Crippen LogP contribution in [0.25, 0.3) is 0 Å². The fourth-order valence-corrected chi connectivity index (χ4v) is 2.06. The molecule has 0 saturated carbocycles. The van der Waals surface area contributed by atoms with E-state index in [4.69, 9.17) is 21.7 Å². The number of rotatable bonds is 2. The first kappa shape index (κ1) is 12.3. The van der Waals surface area contributed by atoms with Gasteiger partial charge < -0.3 is 14.4 Å². The summed E-state index contributed by atoms with van der Waals surface area (Å²) in [5.41, 5.74) is 0.709. The molecule has 0 N–H and O–H groups in total. The molecule has 1 fully saturated rings. The average molecular weight is 255 g/mol. The summed E-state index contributed by atoms with van der Waals surface area (Å²) in [7, 11) is 1.44. The van der Waals surface area contributed by atoms with Crippen LogP contribution in [0.2, 0.25) is 0 Å². The predicted molar refractivity (Wildman–Crippen MR) is 67.0 cm³/mol. The number of ether oxygens (including phenoxy) is 2. The van der Waals surface area contributed by atoms with Crippen molar-refractivity contribution in [3.8, 4) is 5.75 Å². The summed E-state index contributed by atoms with van der Waals surface area (Å²) in [6, 6.07) is 4.79. The second kappa shape index (κ2) is 5.42. The van der Waals surface area contributed by atoms with Crippen molar-refractivity contribution in [2.45, 2.75) is 0 Å². The van der Waals surface area contributed by atoms with Crippen LogP contribution in [0.4, 0.5) is 4.39 Å². The maximum atomic E-state index is 13.6. The first-order chi connectivity index (χ1) is 8.22. The van der Waals surface area contributed by atoms with Crippen LogP contribution in [0.15, 0.2) is 18.2 Å². The van der Waals surface area contributed by atoms with Gasteiger partial charge in [0.05, 0.1) is 20.3 Å². The zero-order chi connectivity index (χ0) is 12.3. The minimum Gasteiger partial charge on any atom is -0.494 e. The molecule has 1 aliphatic rings. The van der Waals surface area contributed by atoms with Crippen LogP contribution in [0.5, 0.6) is 5.75 Å². The fourth-order valence-electron chi connectivity index (χ4n) is 1.75. The van der Waals surface area contributed by atoms with E-state index in [0.717, 1.165) is 13.1 Å². The number of methoxy groups -OCH3 is 1. The highest BCUT2D eigenvalue weighted by Crippen LogP contribution is 2.19. The summed E-state index contributed by atoms with van der Waals surface area (Å²) < 4.78 is 23.7. The van der Waals surface area contributed by atoms with Crippen molar-refractivity contribution in [1.82, 2.24) is 4.90 Å². The van der Waals surface area contributed by atoms with Gasteiger partial charge in [-0.2, -0.15) is 0 Å². The van der Waals surface area contributed by atoms with Crippen molar-refractivity contribution >= 4 is 17.2 Å². The lowest BCUT2D eigenvalue weighted by atomic mass is 10.2. The van der Waals surface area contributed by atoms with Gasteiger partial charge in [-0.25, -0.2) is 4.39 Å². The van der Waals surface area contributed by atoms with Gasteiger partial charge in [-0.1, -0.05) is 12.2 Å². The van der Waals surface area contributed by atoms with Crippen LogP contribution in [-0.4, -0.2) is 43.3 Å². The quantitative estimate of drug-likeness (QED) is 0.752. The highest BCUT2D eigenvalue weighted by atomic mass is 32.1. The lowest BCUT2D eigenvalue weighted by Crippen LogP contribution is -2.40. The Morgan fingerprint density at radius 3 is 2.71 bits per heavy atom. The van der Waals surface area contributed by atoms with Crippen molar-refractivity contribution in [2.24, 2.45) is 0 Å². The predicted octanol–water partition coefficient (Wildman–Crippen LogP) is 1.84. The molecule has 0 amide bonds. The van der Waals surface area contributed by atoms with Gasteiger partial charge in [0, 0.05) is 18.7 Å². The molecular weight excluding hydrogens is 241 g/mol. The Balaban J connectivity index is 2.16. The molecule has 1 aromatic carbocycles. The molecule has 1 aromatic rings. The lowest BCUT2D eigenvalue weighted by Gasteiger charge is -2.29. The minimum atomic E-state index is -0.388. The number of thiocarbonyl (C=S) groups is 1. The standard InChI is InChI=1S/C12H14FNO2S/c1-15-11-3-2-9(8-10(11)13)12(17)14-4-6-16-7-5-14/h2-3,8H,4-7H2,1H3. The molecule has 1 aliphatic heterocycles. The van der Waals surface area contributed by atoms with Gasteiger partial charge in [0.15, 0.2) is 11.6 Å². The second-order valence-corrected chi connectivity index (χ2v) is 4.14. The van der Waals surface area contributed by atoms with Crippen LogP contribution < -0.4 is 4.74 Å². The Kier molecular flexibility index (Phi) is 3.91. The molecule has 92 valence electrons. The number of benzene rings is 1. The van der Waals surface area contributed by atoms with Crippen molar-refractivity contribution in [3.05, 3.63) is 29.6 Å². The van der Waals surface area contributed by atoms with E-state index >= 15 is 0 Å². The third-order valence-corrected chi connectivity index (χ3v) is 3.19. The highest BCUT2D eigenvalue weighted by molar-refractivity contribution is 7.80. The third kappa shape index (κ3) is 2.73. The average Bonchev–Trinajstić information content (AvgIpc) is 2.39. The number of nitrogens with zero attached hydrogens (tertiary/aromatic N) is 1. The second-order valence-electron chi connectivity index (χ2n) is 3.75. The maximum absolute atomic E-state index is 13.6. The van der Waals surface area contributed by atoms with Crippen LogP contribution >= 0.6 is 12.2 Å². The van der Waals surface area contributed by atoms with Crippen molar-refractivity contribution in [3.63, 3.8) is 0 Å². The molecule has 2 rings (SSSR count). The molecule has 17 heavy (non-hydrogen) atoms. The zero-order valence-electron chi connectivity index (χ0n) is 9.61. The molecule has 0 unspecified atom stereocenters. The van der Waals surface area contributed by atoms with E-state index in [-0.39, 0.29) is 11.6 Å². The van der Waals surface area contributed by atoms with Crippen LogP contribution in [-0.2, 0) is 4.74 Å². The van der Waals surface area contributed by atoms with Crippen molar-refractivity contribution in [2.75, 3.05) is 33.4 Å². The molecule has 0 radical (unpaired) electrons. The Bertz CT molecular complexity index is 419. The van der Waals surface area contributed by atoms with Gasteiger partial charge in [0.2, 0.25) is 0 Å². The Labute approximate surface area is 105 Å². The number of hydrogen-bond acceptors (Lipinski definition) is 3. The number of hydrogen-bond donors (Lipinski definition) is 0. The van der Waals surface area contributed by atoms with Gasteiger partial charge in [-0.05, 0) is 18.2 Å². The van der Waals surface area contributed by atoms with Gasteiger partial charge in [0.1, 0.15) is 4.99 Å². The van der Waals surface area contributed by atoms with E-state index < -0.39 is 0 Å². The van der Waals surface area contributed by atoms with Crippen LogP contribution in [0, 0.1) is 5.82 Å². The van der Waals surface area contributed by atoms with Gasteiger partial charge >= 0.3 is 0 Å². The molecule has 0 spiro atoms. The molecule has 1 heterocycles. The Morgan fingerprint density at radius 1 is 1.41 bits per heavy atom. The van der Waals surface area contributed by atoms with E-state index in [2.05, 4.69) is 0 Å². The lowest BCUT2D eigenvalue weighted by molar-refractivity contribution is 0.0693. The Hall–Kier alpha value is -1.20. The minimum absolute atomic E-state index is 0.235. The number of halogens is 1. The van der Waals surface area contributed by atoms with E-state index in [0.29, 0.717) is 23.8 Å². The summed E-state index contributed by atoms with van der Waals surface area (Å²) in [5, 5.41) is 0. The normalized spacial score (nSPS) is 15.8. The maximum Gasteiger partial charge on any atom is 0.165 e. The molecular formula is C12H14FNO2S. The molecule has 5 heteroatoms. The van der Waals surface area contributed by atoms with Gasteiger partial charge in [-0.15, -0.1) is 0 Å². The van der Waals surface area contributed by atoms with E-state index in [1.54, 1.807) is 12.1 Å². The largest absolute Gasteiger partial charge is 0.494 e. The monoisotopic (exact) mass is 255 g/mol. The van der Waals surface area contributed by atoms with E-state index in [1.807, 2.05) is 4.90 Å². The molecule has 0 aromatic heterocycles. The van der Waals surface area contributed by atoms with Gasteiger partial charge in [-0.3, -0.25) is 0 Å². The molecule has 1 saturated heterocycles. The molecule has 3 nitrogen and oxygen atoms in total. The summed E-state index contributed by atoms with van der Waals surface area (Å²) in [4.78, 5) is 2.69. The molecule has 0 atom stereocenters. The summed E-state index contributed by atoms with van der Waals surface area (Å²) in [6.45, 7) is 2.84. The van der Waals surface area contributed by atoms with Crippen LogP contribution in [0.1, 0.15) is 5.56 Å². The first-order valence-electron chi connectivity index (χ1n) is 5.43. The third-order valence-electron chi connectivity index (χ3n) is 2.70. The fraction of sp³-hybridized carbons (Fsp3) is 0.417. The Morgan fingerprint density at radius 2 is 2.12 bits per heavy atom.